The molecule has 2 aromatic carbocycles. The zero-order valence-corrected chi connectivity index (χ0v) is 19.8. The lowest BCUT2D eigenvalue weighted by molar-refractivity contribution is -0.137. The largest absolute Gasteiger partial charge is 0.487 e. The maximum atomic E-state index is 13.0. The number of hydrogen-bond donors (Lipinski definition) is 0. The van der Waals surface area contributed by atoms with Crippen LogP contribution >= 0.6 is 55.8 Å². The van der Waals surface area contributed by atoms with E-state index in [9.17, 15) is 18.0 Å². The molecular formula is C20H12Br2F3NO2S2. The molecule has 1 heterocycles. The maximum absolute atomic E-state index is 13.0. The van der Waals surface area contributed by atoms with Crippen molar-refractivity contribution in [3.63, 3.8) is 0 Å². The van der Waals surface area contributed by atoms with Gasteiger partial charge in [0, 0.05) is 0 Å². The van der Waals surface area contributed by atoms with E-state index in [1.54, 1.807) is 24.3 Å². The van der Waals surface area contributed by atoms with Gasteiger partial charge in [-0.05, 0) is 73.8 Å². The number of thiocarbonyl (C=S) groups is 1. The quantitative estimate of drug-likeness (QED) is 0.213. The number of carbonyl (C=O) groups excluding carboxylic acids is 1. The fourth-order valence-corrected chi connectivity index (χ4v) is 5.36. The average molecular weight is 579 g/mol. The number of alkyl halides is 3. The third-order valence-electron chi connectivity index (χ3n) is 3.89. The lowest BCUT2D eigenvalue weighted by Crippen LogP contribution is -2.27. The molecule has 30 heavy (non-hydrogen) atoms. The molecule has 1 amide bonds. The van der Waals surface area contributed by atoms with Crippen LogP contribution in [0.1, 0.15) is 11.1 Å². The van der Waals surface area contributed by atoms with Crippen molar-refractivity contribution in [1.29, 1.82) is 0 Å². The SMILES string of the molecule is C=CCOc1c(Br)cc(/C=C2\SC(=S)N(c3cccc(C(F)(F)F)c3)C2=O)cc1Br. The minimum Gasteiger partial charge on any atom is -0.487 e. The summed E-state index contributed by atoms with van der Waals surface area (Å²) in [6.07, 6.45) is -1.27. The molecule has 0 saturated carbocycles. The predicted molar refractivity (Wildman–Crippen MR) is 125 cm³/mol. The molecule has 1 aliphatic heterocycles. The van der Waals surface area contributed by atoms with Gasteiger partial charge in [-0.2, -0.15) is 13.2 Å². The monoisotopic (exact) mass is 577 g/mol. The van der Waals surface area contributed by atoms with Crippen LogP contribution in [0.5, 0.6) is 5.75 Å². The van der Waals surface area contributed by atoms with E-state index in [4.69, 9.17) is 17.0 Å². The first-order valence-electron chi connectivity index (χ1n) is 8.29. The highest BCUT2D eigenvalue weighted by Gasteiger charge is 2.36. The highest BCUT2D eigenvalue weighted by atomic mass is 79.9. The Morgan fingerprint density at radius 3 is 2.47 bits per heavy atom. The summed E-state index contributed by atoms with van der Waals surface area (Å²) in [6.45, 7) is 3.93. The second-order valence-electron chi connectivity index (χ2n) is 5.98. The number of halogens is 5. The van der Waals surface area contributed by atoms with Crippen molar-refractivity contribution in [2.24, 2.45) is 0 Å². The summed E-state index contributed by atoms with van der Waals surface area (Å²) in [5.74, 6) is 0.104. The van der Waals surface area contributed by atoms with Crippen LogP contribution in [0.15, 0.2) is 62.9 Å². The molecule has 2 aromatic rings. The van der Waals surface area contributed by atoms with Gasteiger partial charge in [0.05, 0.1) is 25.1 Å². The standard InChI is InChI=1S/C20H12Br2F3NO2S2/c1-2-6-28-17-14(21)7-11(8-15(17)22)9-16-18(27)26(19(29)30-16)13-5-3-4-12(10-13)20(23,24)25/h2-5,7-10H,1,6H2/b16-9-. The number of amides is 1. The fraction of sp³-hybridized carbons (Fsp3) is 0.100. The Kier molecular flexibility index (Phi) is 7.11. The summed E-state index contributed by atoms with van der Waals surface area (Å²) in [7, 11) is 0. The molecule has 0 N–H and O–H groups in total. The van der Waals surface area contributed by atoms with Gasteiger partial charge in [-0.3, -0.25) is 9.69 Å². The van der Waals surface area contributed by atoms with Crippen molar-refractivity contribution in [1.82, 2.24) is 0 Å². The lowest BCUT2D eigenvalue weighted by Gasteiger charge is -2.16. The van der Waals surface area contributed by atoms with E-state index >= 15 is 0 Å². The Morgan fingerprint density at radius 1 is 1.20 bits per heavy atom. The summed E-state index contributed by atoms with van der Waals surface area (Å²) in [5, 5.41) is 0. The van der Waals surface area contributed by atoms with E-state index in [0.29, 0.717) is 31.8 Å². The lowest BCUT2D eigenvalue weighted by atomic mass is 10.1. The molecule has 0 radical (unpaired) electrons. The van der Waals surface area contributed by atoms with Crippen molar-refractivity contribution in [2.75, 3.05) is 11.5 Å². The highest BCUT2D eigenvalue weighted by molar-refractivity contribution is 9.11. The first-order chi connectivity index (χ1) is 14.1. The molecule has 156 valence electrons. The highest BCUT2D eigenvalue weighted by Crippen LogP contribution is 2.40. The predicted octanol–water partition coefficient (Wildman–Crippen LogP) is 7.20. The van der Waals surface area contributed by atoms with Gasteiger partial charge < -0.3 is 4.74 Å². The molecule has 3 nitrogen and oxygen atoms in total. The minimum absolute atomic E-state index is 0.0752. The second-order valence-corrected chi connectivity index (χ2v) is 9.36. The first-order valence-corrected chi connectivity index (χ1v) is 11.1. The summed E-state index contributed by atoms with van der Waals surface area (Å²) in [6, 6.07) is 8.05. The van der Waals surface area contributed by atoms with Gasteiger partial charge >= 0.3 is 6.18 Å². The van der Waals surface area contributed by atoms with Crippen molar-refractivity contribution < 1.29 is 22.7 Å². The number of nitrogens with zero attached hydrogens (tertiary/aromatic N) is 1. The number of hydrogen-bond acceptors (Lipinski definition) is 4. The van der Waals surface area contributed by atoms with Crippen molar-refractivity contribution in [2.45, 2.75) is 6.18 Å². The van der Waals surface area contributed by atoms with Gasteiger partial charge in [-0.15, -0.1) is 0 Å². The fourth-order valence-electron chi connectivity index (χ4n) is 2.61. The molecule has 1 aliphatic rings. The number of rotatable bonds is 5. The molecule has 0 aromatic heterocycles. The molecule has 10 heteroatoms. The van der Waals surface area contributed by atoms with Crippen LogP contribution in [0.25, 0.3) is 6.08 Å². The number of anilines is 1. The number of thioether (sulfide) groups is 1. The molecule has 1 saturated heterocycles. The third kappa shape index (κ3) is 4.99. The van der Waals surface area contributed by atoms with Crippen LogP contribution in [-0.2, 0) is 11.0 Å². The van der Waals surface area contributed by atoms with Gasteiger partial charge in [0.15, 0.2) is 4.32 Å². The second kappa shape index (κ2) is 9.25. The van der Waals surface area contributed by atoms with E-state index in [-0.39, 0.29) is 10.0 Å². The molecule has 0 aliphatic carbocycles. The van der Waals surface area contributed by atoms with Gasteiger partial charge in [0.1, 0.15) is 12.4 Å². The van der Waals surface area contributed by atoms with Crippen molar-refractivity contribution >= 4 is 77.8 Å². The normalized spacial score (nSPS) is 15.8. The molecule has 0 spiro atoms. The Morgan fingerprint density at radius 2 is 1.87 bits per heavy atom. The number of carbonyl (C=O) groups is 1. The first kappa shape index (κ1) is 23.1. The van der Waals surface area contributed by atoms with Gasteiger partial charge in [0.25, 0.3) is 5.91 Å². The summed E-state index contributed by atoms with van der Waals surface area (Å²) >= 11 is 13.1. The van der Waals surface area contributed by atoms with Crippen LogP contribution in [0, 0.1) is 0 Å². The summed E-state index contributed by atoms with van der Waals surface area (Å²) in [4.78, 5) is 14.3. The number of benzene rings is 2. The maximum Gasteiger partial charge on any atom is 0.416 e. The van der Waals surface area contributed by atoms with Gasteiger partial charge in [-0.25, -0.2) is 0 Å². The van der Waals surface area contributed by atoms with Crippen molar-refractivity contribution in [3.05, 3.63) is 74.0 Å². The third-order valence-corrected chi connectivity index (χ3v) is 6.37. The van der Waals surface area contributed by atoms with Crippen LogP contribution in [0.3, 0.4) is 0 Å². The van der Waals surface area contributed by atoms with Crippen LogP contribution in [-0.4, -0.2) is 16.8 Å². The molecule has 3 rings (SSSR count). The Balaban J connectivity index is 1.92. The zero-order valence-electron chi connectivity index (χ0n) is 15.0. The van der Waals surface area contributed by atoms with E-state index in [1.165, 1.54) is 12.1 Å². The molecule has 1 fully saturated rings. The molecule has 0 bridgehead atoms. The summed E-state index contributed by atoms with van der Waals surface area (Å²) < 4.78 is 46.1. The average Bonchev–Trinajstić information content (AvgIpc) is 2.94. The molecule has 0 unspecified atom stereocenters. The zero-order chi connectivity index (χ0) is 22.1. The Labute approximate surface area is 197 Å². The smallest absolute Gasteiger partial charge is 0.416 e. The van der Waals surface area contributed by atoms with Gasteiger partial charge in [0.2, 0.25) is 0 Å². The Bertz CT molecular complexity index is 1050. The van der Waals surface area contributed by atoms with Crippen LogP contribution in [0.4, 0.5) is 18.9 Å². The van der Waals surface area contributed by atoms with E-state index < -0.39 is 17.6 Å². The van der Waals surface area contributed by atoms with E-state index in [0.717, 1.165) is 28.8 Å². The number of ether oxygens (including phenoxy) is 1. The van der Waals surface area contributed by atoms with Crippen LogP contribution < -0.4 is 9.64 Å². The Hall–Kier alpha value is -1.62. The molecule has 0 atom stereocenters. The minimum atomic E-state index is -4.51. The summed E-state index contributed by atoms with van der Waals surface area (Å²) in [5.41, 5.74) is -0.0866. The van der Waals surface area contributed by atoms with E-state index in [2.05, 4.69) is 38.4 Å². The molecular weight excluding hydrogens is 567 g/mol. The van der Waals surface area contributed by atoms with Crippen molar-refractivity contribution in [3.8, 4) is 5.75 Å². The van der Waals surface area contributed by atoms with Gasteiger partial charge in [-0.1, -0.05) is 42.7 Å². The topological polar surface area (TPSA) is 29.5 Å². The van der Waals surface area contributed by atoms with E-state index in [1.807, 2.05) is 0 Å². The van der Waals surface area contributed by atoms with Crippen LogP contribution in [0.2, 0.25) is 0 Å².